The van der Waals surface area contributed by atoms with Gasteiger partial charge in [0.25, 0.3) is 5.91 Å². The number of esters is 1. The minimum Gasteiger partial charge on any atom is -0.464 e. The number of hydrogen-bond donors (Lipinski definition) is 1. The molecule has 0 radical (unpaired) electrons. The Morgan fingerprint density at radius 3 is 2.34 bits per heavy atom. The van der Waals surface area contributed by atoms with Crippen molar-refractivity contribution in [3.63, 3.8) is 0 Å². The van der Waals surface area contributed by atoms with Gasteiger partial charge in [-0.1, -0.05) is 51.1 Å². The smallest absolute Gasteiger partial charge is 0.310 e. The predicted octanol–water partition coefficient (Wildman–Crippen LogP) is 4.84. The summed E-state index contributed by atoms with van der Waals surface area (Å²) >= 11 is 0. The highest BCUT2D eigenvalue weighted by Gasteiger charge is 2.15. The number of nitrogens with one attached hydrogen (secondary N) is 1. The Kier molecular flexibility index (Phi) is 6.70. The fraction of sp³-hybridized carbons (Fsp3) is 0.333. The van der Waals surface area contributed by atoms with Crippen LogP contribution >= 0.6 is 0 Å². The van der Waals surface area contributed by atoms with Gasteiger partial charge in [-0.25, -0.2) is 0 Å². The average Bonchev–Trinajstić information content (AvgIpc) is 3.14. The van der Waals surface area contributed by atoms with E-state index in [-0.39, 0.29) is 18.9 Å². The van der Waals surface area contributed by atoms with E-state index in [4.69, 9.17) is 9.15 Å². The summed E-state index contributed by atoms with van der Waals surface area (Å²) in [6.45, 7) is 5.86. The second-order valence-electron chi connectivity index (χ2n) is 6.99. The number of carbonyl (C=O) groups is 2. The number of amides is 1. The minimum absolute atomic E-state index is 0.0670. The van der Waals surface area contributed by atoms with E-state index in [0.717, 1.165) is 52.6 Å². The van der Waals surface area contributed by atoms with Crippen molar-refractivity contribution in [3.05, 3.63) is 64.9 Å². The fourth-order valence-corrected chi connectivity index (χ4v) is 3.42. The number of aryl methyl sites for hydroxylation is 3. The van der Waals surface area contributed by atoms with E-state index in [9.17, 15) is 9.59 Å². The number of rotatable bonds is 8. The zero-order valence-electron chi connectivity index (χ0n) is 17.2. The van der Waals surface area contributed by atoms with Crippen LogP contribution in [-0.2, 0) is 40.0 Å². The van der Waals surface area contributed by atoms with E-state index in [0.29, 0.717) is 0 Å². The first-order valence-corrected chi connectivity index (χ1v) is 10.1. The molecule has 0 aliphatic rings. The highest BCUT2D eigenvalue weighted by atomic mass is 16.5. The van der Waals surface area contributed by atoms with Crippen molar-refractivity contribution in [3.8, 4) is 0 Å². The maximum atomic E-state index is 12.3. The number of para-hydroxylation sites is 1. The summed E-state index contributed by atoms with van der Waals surface area (Å²) in [5.41, 5.74) is 5.66. The van der Waals surface area contributed by atoms with Crippen molar-refractivity contribution < 1.29 is 18.7 Å². The molecule has 2 aromatic carbocycles. The summed E-state index contributed by atoms with van der Waals surface area (Å²) in [6, 6.07) is 11.9. The van der Waals surface area contributed by atoms with E-state index in [1.165, 1.54) is 5.56 Å². The highest BCUT2D eigenvalue weighted by molar-refractivity contribution is 5.94. The first-order chi connectivity index (χ1) is 14.0. The van der Waals surface area contributed by atoms with E-state index in [2.05, 4.69) is 12.2 Å². The lowest BCUT2D eigenvalue weighted by Crippen LogP contribution is -2.22. The second-order valence-corrected chi connectivity index (χ2v) is 6.99. The van der Waals surface area contributed by atoms with Gasteiger partial charge >= 0.3 is 5.97 Å². The first-order valence-electron chi connectivity index (χ1n) is 10.1. The quantitative estimate of drug-likeness (QED) is 0.556. The number of hydrogen-bond acceptors (Lipinski definition) is 4. The maximum Gasteiger partial charge on any atom is 0.310 e. The fourth-order valence-electron chi connectivity index (χ4n) is 3.42. The third kappa shape index (κ3) is 4.86. The van der Waals surface area contributed by atoms with Gasteiger partial charge in [0.1, 0.15) is 5.58 Å². The maximum absolute atomic E-state index is 12.3. The van der Waals surface area contributed by atoms with Gasteiger partial charge in [0.2, 0.25) is 0 Å². The van der Waals surface area contributed by atoms with Crippen LogP contribution in [0.2, 0.25) is 0 Å². The molecule has 3 rings (SSSR count). The Bertz CT molecular complexity index is 997. The first kappa shape index (κ1) is 20.6. The van der Waals surface area contributed by atoms with Crippen LogP contribution in [0.1, 0.15) is 43.0 Å². The van der Waals surface area contributed by atoms with Crippen LogP contribution in [0.3, 0.4) is 0 Å². The van der Waals surface area contributed by atoms with Crippen molar-refractivity contribution in [2.45, 2.75) is 46.5 Å². The van der Waals surface area contributed by atoms with Crippen LogP contribution in [0.15, 0.2) is 47.1 Å². The summed E-state index contributed by atoms with van der Waals surface area (Å²) < 4.78 is 10.8. The molecule has 1 N–H and O–H groups in total. The molecule has 0 atom stereocenters. The molecule has 0 bridgehead atoms. The molecule has 1 amide bonds. The number of ether oxygens (including phenoxy) is 1. The molecule has 1 aromatic heterocycles. The van der Waals surface area contributed by atoms with Crippen LogP contribution in [-0.4, -0.2) is 18.5 Å². The predicted molar refractivity (Wildman–Crippen MR) is 114 cm³/mol. The summed E-state index contributed by atoms with van der Waals surface area (Å²) in [5, 5.41) is 3.80. The lowest BCUT2D eigenvalue weighted by atomic mass is 10.0. The molecular formula is C24H27NO4. The van der Waals surface area contributed by atoms with E-state index >= 15 is 0 Å². The molecule has 3 aromatic rings. The molecule has 152 valence electrons. The molecule has 1 heterocycles. The lowest BCUT2D eigenvalue weighted by molar-refractivity contribution is -0.146. The van der Waals surface area contributed by atoms with Crippen molar-refractivity contribution in [2.75, 3.05) is 11.9 Å². The Morgan fingerprint density at radius 1 is 0.966 bits per heavy atom. The van der Waals surface area contributed by atoms with Gasteiger partial charge < -0.3 is 14.5 Å². The molecule has 0 fully saturated rings. The molecule has 0 saturated heterocycles. The van der Waals surface area contributed by atoms with Crippen molar-refractivity contribution >= 4 is 28.5 Å². The summed E-state index contributed by atoms with van der Waals surface area (Å²) in [6.07, 6.45) is 4.20. The molecule has 0 saturated carbocycles. The highest BCUT2D eigenvalue weighted by Crippen LogP contribution is 2.24. The van der Waals surface area contributed by atoms with E-state index in [1.54, 1.807) is 6.26 Å². The van der Waals surface area contributed by atoms with Gasteiger partial charge in [-0.15, -0.1) is 0 Å². The summed E-state index contributed by atoms with van der Waals surface area (Å²) in [5.74, 6) is -0.791. The molecule has 0 aliphatic heterocycles. The van der Waals surface area contributed by atoms with Gasteiger partial charge in [0, 0.05) is 16.6 Å². The van der Waals surface area contributed by atoms with Gasteiger partial charge in [0.05, 0.1) is 12.7 Å². The Balaban J connectivity index is 1.59. The van der Waals surface area contributed by atoms with Crippen molar-refractivity contribution in [2.24, 2.45) is 0 Å². The summed E-state index contributed by atoms with van der Waals surface area (Å²) in [4.78, 5) is 24.6. The molecular weight excluding hydrogens is 366 g/mol. The van der Waals surface area contributed by atoms with Crippen LogP contribution in [0.4, 0.5) is 5.69 Å². The molecule has 0 spiro atoms. The number of carbonyl (C=O) groups excluding carboxylic acids is 2. The third-order valence-corrected chi connectivity index (χ3v) is 5.09. The standard InChI is InChI=1S/C24H27NO4/c1-4-16-10-11-20-19(14-28-21(20)12-16)13-23(27)29-15-22(26)25-24-17(5-2)8-7-9-18(24)6-3/h7-12,14H,4-6,13,15H2,1-3H3,(H,25,26). The molecule has 0 unspecified atom stereocenters. The zero-order valence-corrected chi connectivity index (χ0v) is 17.2. The number of benzene rings is 2. The number of furan rings is 1. The van der Waals surface area contributed by atoms with E-state index < -0.39 is 5.97 Å². The second kappa shape index (κ2) is 9.41. The normalized spacial score (nSPS) is 10.9. The van der Waals surface area contributed by atoms with Gasteiger partial charge in [-0.3, -0.25) is 9.59 Å². The molecule has 5 heteroatoms. The molecule has 5 nitrogen and oxygen atoms in total. The Hall–Kier alpha value is -3.08. The third-order valence-electron chi connectivity index (χ3n) is 5.09. The summed E-state index contributed by atoms with van der Waals surface area (Å²) in [7, 11) is 0. The van der Waals surface area contributed by atoms with Crippen LogP contribution < -0.4 is 5.32 Å². The lowest BCUT2D eigenvalue weighted by Gasteiger charge is -2.14. The minimum atomic E-state index is -0.457. The van der Waals surface area contributed by atoms with Crippen molar-refractivity contribution in [1.82, 2.24) is 0 Å². The average molecular weight is 393 g/mol. The SMILES string of the molecule is CCc1ccc2c(CC(=O)OCC(=O)Nc3c(CC)cccc3CC)coc2c1. The van der Waals surface area contributed by atoms with Gasteiger partial charge in [-0.2, -0.15) is 0 Å². The van der Waals surface area contributed by atoms with Crippen LogP contribution in [0.5, 0.6) is 0 Å². The Morgan fingerprint density at radius 2 is 1.69 bits per heavy atom. The van der Waals surface area contributed by atoms with Crippen LogP contribution in [0, 0.1) is 0 Å². The monoisotopic (exact) mass is 393 g/mol. The topological polar surface area (TPSA) is 68.5 Å². The van der Waals surface area contributed by atoms with Crippen molar-refractivity contribution in [1.29, 1.82) is 0 Å². The van der Waals surface area contributed by atoms with Crippen LogP contribution in [0.25, 0.3) is 11.0 Å². The zero-order chi connectivity index (χ0) is 20.8. The number of anilines is 1. The van der Waals surface area contributed by atoms with Gasteiger partial charge in [0.15, 0.2) is 6.61 Å². The molecule has 0 aliphatic carbocycles. The number of fused-ring (bicyclic) bond motifs is 1. The van der Waals surface area contributed by atoms with E-state index in [1.807, 2.05) is 50.2 Å². The largest absolute Gasteiger partial charge is 0.464 e. The molecule has 29 heavy (non-hydrogen) atoms. The van der Waals surface area contributed by atoms with Gasteiger partial charge in [-0.05, 0) is 42.0 Å². The Labute approximate surface area is 171 Å².